The van der Waals surface area contributed by atoms with Gasteiger partial charge in [0.15, 0.2) is 0 Å². The molecule has 0 bridgehead atoms. The zero-order chi connectivity index (χ0) is 24.6. The lowest BCUT2D eigenvalue weighted by Gasteiger charge is -2.39. The van der Waals surface area contributed by atoms with E-state index in [1.165, 1.54) is 0 Å². The predicted octanol–water partition coefficient (Wildman–Crippen LogP) is 3.38. The first-order valence-electron chi connectivity index (χ1n) is 12.0. The van der Waals surface area contributed by atoms with Crippen molar-refractivity contribution in [1.29, 1.82) is 0 Å². The molecule has 1 N–H and O–H groups in total. The molecular weight excluding hydrogens is 406 g/mol. The summed E-state index contributed by atoms with van der Waals surface area (Å²) >= 11 is 0. The number of likely N-dealkylation sites (N-methyl/N-ethyl adjacent to an activating group) is 2. The van der Waals surface area contributed by atoms with Gasteiger partial charge in [-0.3, -0.25) is 14.5 Å². The molecule has 1 saturated heterocycles. The minimum Gasteiger partial charge on any atom is -0.463 e. The number of hydrogen-bond donors (Lipinski definition) is 1. The molecule has 32 heavy (non-hydrogen) atoms. The fourth-order valence-electron chi connectivity index (χ4n) is 4.11. The van der Waals surface area contributed by atoms with Gasteiger partial charge in [-0.1, -0.05) is 53.5 Å². The quantitative estimate of drug-likeness (QED) is 0.429. The number of nitrogens with one attached hydrogen (secondary N) is 1. The summed E-state index contributed by atoms with van der Waals surface area (Å²) in [6.45, 7) is 14.7. The van der Waals surface area contributed by atoms with Gasteiger partial charge >= 0.3 is 5.97 Å². The second-order valence-corrected chi connectivity index (χ2v) is 10.2. The predicted molar refractivity (Wildman–Crippen MR) is 128 cm³/mol. The van der Waals surface area contributed by atoms with Crippen molar-refractivity contribution in [2.75, 3.05) is 27.2 Å². The van der Waals surface area contributed by atoms with Gasteiger partial charge in [0.05, 0.1) is 18.7 Å². The lowest BCUT2D eigenvalue weighted by Crippen LogP contribution is -2.59. The largest absolute Gasteiger partial charge is 0.463 e. The molecule has 0 spiro atoms. The summed E-state index contributed by atoms with van der Waals surface area (Å²) < 4.78 is 5.12. The van der Waals surface area contributed by atoms with Crippen LogP contribution in [0.4, 0.5) is 0 Å². The molecule has 1 fully saturated rings. The van der Waals surface area contributed by atoms with Crippen LogP contribution < -0.4 is 5.32 Å². The molecule has 0 radical (unpaired) electrons. The Morgan fingerprint density at radius 1 is 1.22 bits per heavy atom. The highest BCUT2D eigenvalue weighted by atomic mass is 16.5. The average Bonchev–Trinajstić information content (AvgIpc) is 2.73. The summed E-state index contributed by atoms with van der Waals surface area (Å²) in [5.41, 5.74) is 0.0192. The third-order valence-electron chi connectivity index (χ3n) is 6.51. The molecular formula is C25H45N3O4. The Morgan fingerprint density at radius 3 is 2.34 bits per heavy atom. The fraction of sp³-hybridized carbons (Fsp3) is 0.800. The van der Waals surface area contributed by atoms with E-state index >= 15 is 0 Å². The number of likely N-dealkylation sites (tertiary alicyclic amines) is 1. The highest BCUT2D eigenvalue weighted by Crippen LogP contribution is 2.25. The molecule has 1 aliphatic heterocycles. The second kappa shape index (κ2) is 12.4. The average molecular weight is 452 g/mol. The van der Waals surface area contributed by atoms with E-state index in [1.54, 1.807) is 25.8 Å². The van der Waals surface area contributed by atoms with Crippen molar-refractivity contribution in [1.82, 2.24) is 15.1 Å². The van der Waals surface area contributed by atoms with Crippen molar-refractivity contribution < 1.29 is 19.1 Å². The van der Waals surface area contributed by atoms with Gasteiger partial charge in [-0.2, -0.15) is 0 Å². The molecule has 1 rings (SSSR count). The van der Waals surface area contributed by atoms with E-state index in [0.717, 1.165) is 32.2 Å². The molecule has 0 saturated carbocycles. The van der Waals surface area contributed by atoms with E-state index in [0.29, 0.717) is 12.2 Å². The Kier molecular flexibility index (Phi) is 10.9. The van der Waals surface area contributed by atoms with Crippen LogP contribution in [0.5, 0.6) is 0 Å². The van der Waals surface area contributed by atoms with Crippen LogP contribution in [-0.4, -0.2) is 73.0 Å². The van der Waals surface area contributed by atoms with Crippen LogP contribution in [0.2, 0.25) is 0 Å². The molecule has 7 nitrogen and oxygen atoms in total. The molecule has 7 heteroatoms. The highest BCUT2D eigenvalue weighted by molar-refractivity contribution is 5.91. The van der Waals surface area contributed by atoms with Crippen LogP contribution in [0.25, 0.3) is 0 Å². The number of esters is 1. The second-order valence-electron chi connectivity index (χ2n) is 10.2. The summed E-state index contributed by atoms with van der Waals surface area (Å²) in [5, 5.41) is 3.06. The van der Waals surface area contributed by atoms with E-state index in [2.05, 4.69) is 24.1 Å². The summed E-state index contributed by atoms with van der Waals surface area (Å²) in [5.74, 6) is -0.480. The molecule has 3 unspecified atom stereocenters. The lowest BCUT2D eigenvalue weighted by atomic mass is 9.84. The molecule has 0 aromatic rings. The molecule has 0 aromatic carbocycles. The Balaban J connectivity index is 3.16. The van der Waals surface area contributed by atoms with Crippen LogP contribution in [-0.2, 0) is 19.1 Å². The Labute approximate surface area is 194 Å². The third kappa shape index (κ3) is 7.61. The summed E-state index contributed by atoms with van der Waals surface area (Å²) in [6, 6.07) is -1.16. The third-order valence-corrected chi connectivity index (χ3v) is 6.51. The standard InChI is InChI=1S/C25H45N3O4/c1-10-17(3)20(16-18(4)24(31)32-11-2)28(9)23(30)21(25(5,6)7)26-22(29)19-14-12-13-15-27(19)8/h16-17,19-21H,10-15H2,1-9H3,(H,26,29)/b18-16+/t17?,19?,20-,21?/m1/s1. The van der Waals surface area contributed by atoms with Crippen molar-refractivity contribution in [2.24, 2.45) is 11.3 Å². The number of carbonyl (C=O) groups is 3. The van der Waals surface area contributed by atoms with Crippen molar-refractivity contribution >= 4 is 17.8 Å². The number of amides is 2. The fourth-order valence-corrected chi connectivity index (χ4v) is 4.11. The topological polar surface area (TPSA) is 79.0 Å². The maximum absolute atomic E-state index is 13.7. The van der Waals surface area contributed by atoms with Crippen LogP contribution in [0, 0.1) is 11.3 Å². The normalized spacial score (nSPS) is 20.8. The zero-order valence-electron chi connectivity index (χ0n) is 21.7. The minimum atomic E-state index is -0.668. The van der Waals surface area contributed by atoms with Gasteiger partial charge in [-0.15, -0.1) is 0 Å². The van der Waals surface area contributed by atoms with Gasteiger partial charge in [-0.05, 0) is 51.6 Å². The molecule has 2 amide bonds. The van der Waals surface area contributed by atoms with E-state index in [-0.39, 0.29) is 35.8 Å². The molecule has 4 atom stereocenters. The van der Waals surface area contributed by atoms with E-state index in [1.807, 2.05) is 33.9 Å². The van der Waals surface area contributed by atoms with Crippen LogP contribution in [0.15, 0.2) is 11.6 Å². The van der Waals surface area contributed by atoms with Gasteiger partial charge in [0.25, 0.3) is 0 Å². The van der Waals surface area contributed by atoms with Crippen molar-refractivity contribution in [2.45, 2.75) is 92.3 Å². The first-order valence-corrected chi connectivity index (χ1v) is 12.0. The summed E-state index contributed by atoms with van der Waals surface area (Å²) in [6.07, 6.45) is 5.58. The van der Waals surface area contributed by atoms with Crippen LogP contribution in [0.1, 0.15) is 74.1 Å². The van der Waals surface area contributed by atoms with Crippen LogP contribution >= 0.6 is 0 Å². The summed E-state index contributed by atoms with van der Waals surface area (Å²) in [7, 11) is 3.72. The number of nitrogens with zero attached hydrogens (tertiary/aromatic N) is 2. The van der Waals surface area contributed by atoms with E-state index in [4.69, 9.17) is 4.74 Å². The van der Waals surface area contributed by atoms with Crippen molar-refractivity contribution in [3.8, 4) is 0 Å². The molecule has 184 valence electrons. The van der Waals surface area contributed by atoms with Gasteiger partial charge < -0.3 is 15.0 Å². The van der Waals surface area contributed by atoms with Gasteiger partial charge in [-0.25, -0.2) is 4.79 Å². The molecule has 1 aliphatic rings. The number of rotatable bonds is 9. The Hall–Kier alpha value is -1.89. The number of ether oxygens (including phenoxy) is 1. The molecule has 1 heterocycles. The first-order chi connectivity index (χ1) is 14.8. The van der Waals surface area contributed by atoms with Crippen molar-refractivity contribution in [3.63, 3.8) is 0 Å². The smallest absolute Gasteiger partial charge is 0.333 e. The Morgan fingerprint density at radius 2 is 1.84 bits per heavy atom. The molecule has 0 aromatic heterocycles. The lowest BCUT2D eigenvalue weighted by molar-refractivity contribution is -0.142. The first kappa shape index (κ1) is 28.1. The molecule has 0 aliphatic carbocycles. The number of hydrogen-bond acceptors (Lipinski definition) is 5. The van der Waals surface area contributed by atoms with E-state index < -0.39 is 11.5 Å². The SMILES string of the molecule is CCOC(=O)/C(C)=C/[C@H](C(C)CC)N(C)C(=O)C(NC(=O)C1CCCCN1C)C(C)(C)C. The van der Waals surface area contributed by atoms with Gasteiger partial charge in [0.1, 0.15) is 6.04 Å². The van der Waals surface area contributed by atoms with Gasteiger partial charge in [0, 0.05) is 12.6 Å². The number of piperidine rings is 1. The van der Waals surface area contributed by atoms with Gasteiger partial charge in [0.2, 0.25) is 11.8 Å². The summed E-state index contributed by atoms with van der Waals surface area (Å²) in [4.78, 5) is 42.7. The van der Waals surface area contributed by atoms with E-state index in [9.17, 15) is 14.4 Å². The zero-order valence-corrected chi connectivity index (χ0v) is 21.7. The number of carbonyl (C=O) groups excluding carboxylic acids is 3. The minimum absolute atomic E-state index is 0.0905. The van der Waals surface area contributed by atoms with Crippen molar-refractivity contribution in [3.05, 3.63) is 11.6 Å². The van der Waals surface area contributed by atoms with Crippen LogP contribution in [0.3, 0.4) is 0 Å². The highest BCUT2D eigenvalue weighted by Gasteiger charge is 2.39. The maximum atomic E-state index is 13.7. The monoisotopic (exact) mass is 451 g/mol. The Bertz CT molecular complexity index is 683. The maximum Gasteiger partial charge on any atom is 0.333 e.